The van der Waals surface area contributed by atoms with E-state index in [-0.39, 0.29) is 30.4 Å². The number of likely N-dealkylation sites (tertiary alicyclic amines) is 1. The van der Waals surface area contributed by atoms with Gasteiger partial charge in [-0.3, -0.25) is 19.2 Å². The van der Waals surface area contributed by atoms with Crippen LogP contribution in [0.3, 0.4) is 0 Å². The normalized spacial score (nSPS) is 19.2. The number of piperidine rings is 1. The zero-order valence-electron chi connectivity index (χ0n) is 18.7. The van der Waals surface area contributed by atoms with E-state index >= 15 is 0 Å². The van der Waals surface area contributed by atoms with Crippen LogP contribution in [-0.4, -0.2) is 84.7 Å². The number of thioether (sulfide) groups is 1. The maximum absolute atomic E-state index is 12.7. The third-order valence-electron chi connectivity index (χ3n) is 5.52. The highest BCUT2D eigenvalue weighted by atomic mass is 32.2. The molecule has 176 valence electrons. The Kier molecular flexibility index (Phi) is 9.52. The zero-order valence-corrected chi connectivity index (χ0v) is 19.5. The zero-order chi connectivity index (χ0) is 23.7. The lowest BCUT2D eigenvalue weighted by molar-refractivity contribution is -0.152. The van der Waals surface area contributed by atoms with Gasteiger partial charge in [-0.05, 0) is 39.1 Å². The molecule has 1 atom stereocenters. The fraction of sp³-hybridized carbons (Fsp3) is 0.545. The molecule has 32 heavy (non-hydrogen) atoms. The number of amides is 2. The number of anilines is 1. The highest BCUT2D eigenvalue weighted by Gasteiger charge is 2.50. The molecule has 1 aromatic carbocycles. The van der Waals surface area contributed by atoms with Gasteiger partial charge in [-0.1, -0.05) is 12.1 Å². The number of para-hydroxylation sites is 1. The van der Waals surface area contributed by atoms with Crippen molar-refractivity contribution < 1.29 is 29.0 Å². The quantitative estimate of drug-likeness (QED) is 0.372. The number of ether oxygens (including phenoxy) is 1. The van der Waals surface area contributed by atoms with Crippen LogP contribution in [0.5, 0.6) is 0 Å². The molecule has 0 aliphatic carbocycles. The summed E-state index contributed by atoms with van der Waals surface area (Å²) in [6, 6.07) is 7.46. The van der Waals surface area contributed by atoms with E-state index in [4.69, 9.17) is 14.6 Å². The van der Waals surface area contributed by atoms with Crippen LogP contribution in [0.25, 0.3) is 0 Å². The smallest absolute Gasteiger partial charge is 0.312 e. The molecule has 2 aliphatic rings. The summed E-state index contributed by atoms with van der Waals surface area (Å²) in [7, 11) is 3.95. The molecule has 9 nitrogen and oxygen atoms in total. The number of carboxylic acid groups (broad SMARTS) is 1. The molecule has 2 heterocycles. The summed E-state index contributed by atoms with van der Waals surface area (Å²) in [6.07, 6.45) is 2.01. The summed E-state index contributed by atoms with van der Waals surface area (Å²) >= 11 is 1.42. The van der Waals surface area contributed by atoms with Gasteiger partial charge < -0.3 is 25.0 Å². The first-order valence-corrected chi connectivity index (χ1v) is 11.4. The van der Waals surface area contributed by atoms with Gasteiger partial charge in [0.05, 0.1) is 16.9 Å². The summed E-state index contributed by atoms with van der Waals surface area (Å²) < 4.78 is 5.59. The first kappa shape index (κ1) is 25.7. The maximum Gasteiger partial charge on any atom is 0.312 e. The van der Waals surface area contributed by atoms with Crippen molar-refractivity contribution in [1.29, 1.82) is 0 Å². The van der Waals surface area contributed by atoms with Crippen molar-refractivity contribution >= 4 is 41.7 Å². The molecule has 0 bridgehead atoms. The molecule has 3 rings (SSSR count). The van der Waals surface area contributed by atoms with Gasteiger partial charge in [0.15, 0.2) is 0 Å². The van der Waals surface area contributed by atoms with E-state index in [0.29, 0.717) is 31.7 Å². The number of carbonyl (C=O) groups excluding carboxylic acids is 3. The van der Waals surface area contributed by atoms with Gasteiger partial charge in [0, 0.05) is 37.9 Å². The van der Waals surface area contributed by atoms with Crippen LogP contribution in [-0.2, 0) is 23.9 Å². The van der Waals surface area contributed by atoms with E-state index < -0.39 is 5.41 Å². The highest BCUT2D eigenvalue weighted by molar-refractivity contribution is 8.00. The van der Waals surface area contributed by atoms with Crippen LogP contribution >= 0.6 is 11.8 Å². The minimum Gasteiger partial charge on any atom is -0.483 e. The van der Waals surface area contributed by atoms with Gasteiger partial charge in [0.1, 0.15) is 6.10 Å². The van der Waals surface area contributed by atoms with Crippen molar-refractivity contribution in [3.8, 4) is 0 Å². The molecule has 10 heteroatoms. The molecule has 2 aliphatic heterocycles. The van der Waals surface area contributed by atoms with Crippen molar-refractivity contribution in [3.05, 3.63) is 24.3 Å². The van der Waals surface area contributed by atoms with E-state index in [1.165, 1.54) is 18.7 Å². The van der Waals surface area contributed by atoms with Gasteiger partial charge in [0.25, 0.3) is 6.47 Å². The second-order valence-electron chi connectivity index (χ2n) is 8.23. The topological polar surface area (TPSA) is 116 Å². The van der Waals surface area contributed by atoms with Gasteiger partial charge in [-0.15, -0.1) is 11.8 Å². The van der Waals surface area contributed by atoms with Gasteiger partial charge >= 0.3 is 5.97 Å². The summed E-state index contributed by atoms with van der Waals surface area (Å²) in [5.41, 5.74) is 0.291. The van der Waals surface area contributed by atoms with Crippen LogP contribution in [0.4, 0.5) is 5.69 Å². The number of rotatable bonds is 6. The molecule has 2 amide bonds. The van der Waals surface area contributed by atoms with Gasteiger partial charge in [0.2, 0.25) is 11.8 Å². The largest absolute Gasteiger partial charge is 0.483 e. The second kappa shape index (κ2) is 11.9. The molecule has 2 N–H and O–H groups in total. The lowest BCUT2D eigenvalue weighted by atomic mass is 9.76. The Morgan fingerprint density at radius 2 is 1.94 bits per heavy atom. The van der Waals surface area contributed by atoms with Gasteiger partial charge in [-0.25, -0.2) is 0 Å². The van der Waals surface area contributed by atoms with E-state index in [0.717, 1.165) is 23.5 Å². The molecular weight excluding hydrogens is 434 g/mol. The van der Waals surface area contributed by atoms with E-state index in [9.17, 15) is 14.4 Å². The number of carbonyl (C=O) groups is 4. The molecule has 0 aromatic heterocycles. The van der Waals surface area contributed by atoms with Crippen molar-refractivity contribution in [2.24, 2.45) is 5.41 Å². The molecule has 1 unspecified atom stereocenters. The average molecular weight is 466 g/mol. The Morgan fingerprint density at radius 1 is 1.31 bits per heavy atom. The third kappa shape index (κ3) is 6.96. The number of esters is 1. The number of cyclic esters (lactones) is 1. The number of likely N-dealkylation sites (N-methyl/N-ethyl adjacent to an activating group) is 1. The van der Waals surface area contributed by atoms with Crippen molar-refractivity contribution in [1.82, 2.24) is 9.80 Å². The summed E-state index contributed by atoms with van der Waals surface area (Å²) in [6.45, 7) is 3.11. The predicted octanol–water partition coefficient (Wildman–Crippen LogP) is 1.92. The van der Waals surface area contributed by atoms with Gasteiger partial charge in [-0.2, -0.15) is 0 Å². The van der Waals surface area contributed by atoms with Crippen LogP contribution in [0.15, 0.2) is 29.2 Å². The van der Waals surface area contributed by atoms with Crippen molar-refractivity contribution in [2.45, 2.75) is 37.2 Å². The Hall–Kier alpha value is -2.59. The lowest BCUT2D eigenvalue weighted by Gasteiger charge is -2.36. The summed E-state index contributed by atoms with van der Waals surface area (Å²) in [4.78, 5) is 49.6. The highest BCUT2D eigenvalue weighted by Crippen LogP contribution is 2.43. The number of hydrogen-bond acceptors (Lipinski definition) is 7. The lowest BCUT2D eigenvalue weighted by Crippen LogP contribution is -2.45. The molecule has 2 fully saturated rings. The number of hydrogen-bond donors (Lipinski definition) is 2. The Labute approximate surface area is 192 Å². The molecule has 0 saturated carbocycles. The monoisotopic (exact) mass is 465 g/mol. The third-order valence-corrected chi connectivity index (χ3v) is 6.57. The molecule has 2 saturated heterocycles. The molecule has 0 radical (unpaired) electrons. The standard InChI is InChI=1S/C21H29N3O4S.CH2O2/c1-15(25)22-17-6-4-5-7-18(17)29-14-19(26)24-10-8-21(9-11-24)12-16(13-23(2)3)28-20(21)27;2-1-3/h4-7,16H,8-14H2,1-3H3,(H,22,25);1H,(H,2,3). The summed E-state index contributed by atoms with van der Waals surface area (Å²) in [5.74, 6) is 0.118. The van der Waals surface area contributed by atoms with Crippen LogP contribution in [0.1, 0.15) is 26.2 Å². The molecule has 1 aromatic rings. The minimum atomic E-state index is -0.428. The fourth-order valence-electron chi connectivity index (χ4n) is 4.05. The van der Waals surface area contributed by atoms with Crippen molar-refractivity contribution in [2.75, 3.05) is 44.8 Å². The van der Waals surface area contributed by atoms with Crippen LogP contribution in [0.2, 0.25) is 0 Å². The number of nitrogens with zero attached hydrogens (tertiary/aromatic N) is 2. The Balaban J connectivity index is 0.00000114. The molecular formula is C22H31N3O6S. The fourth-order valence-corrected chi connectivity index (χ4v) is 4.97. The first-order valence-electron chi connectivity index (χ1n) is 10.4. The SMILES string of the molecule is CC(=O)Nc1ccccc1SCC(=O)N1CCC2(CC1)CC(CN(C)C)OC2=O.O=CO. The minimum absolute atomic E-state index is 0.0543. The Morgan fingerprint density at radius 3 is 2.53 bits per heavy atom. The predicted molar refractivity (Wildman–Crippen MR) is 121 cm³/mol. The van der Waals surface area contributed by atoms with E-state index in [2.05, 4.69) is 5.32 Å². The number of benzene rings is 1. The van der Waals surface area contributed by atoms with Crippen LogP contribution < -0.4 is 5.32 Å². The first-order chi connectivity index (χ1) is 15.2. The maximum atomic E-state index is 12.7. The van der Waals surface area contributed by atoms with E-state index in [1.54, 1.807) is 0 Å². The average Bonchev–Trinajstić information content (AvgIpc) is 3.01. The Bertz CT molecular complexity index is 824. The second-order valence-corrected chi connectivity index (χ2v) is 9.24. The van der Waals surface area contributed by atoms with Crippen molar-refractivity contribution in [3.63, 3.8) is 0 Å². The molecule has 1 spiro atoms. The summed E-state index contributed by atoms with van der Waals surface area (Å²) in [5, 5.41) is 9.68. The van der Waals surface area contributed by atoms with E-state index in [1.807, 2.05) is 48.2 Å². The number of nitrogens with one attached hydrogen (secondary N) is 1. The van der Waals surface area contributed by atoms with Crippen LogP contribution in [0, 0.1) is 5.41 Å².